The SMILES string of the molecule is COc1cc(/C=[NH+]/N=C(N)N)ccc1OCC(C)C. The van der Waals surface area contributed by atoms with E-state index in [9.17, 15) is 0 Å². The van der Waals surface area contributed by atoms with Gasteiger partial charge in [-0.3, -0.25) is 0 Å². The lowest BCUT2D eigenvalue weighted by Gasteiger charge is -2.12. The molecule has 0 heterocycles. The van der Waals surface area contributed by atoms with Crippen molar-refractivity contribution in [3.63, 3.8) is 0 Å². The Bertz CT molecular complexity index is 466. The number of benzene rings is 1. The third-order valence-corrected chi connectivity index (χ3v) is 2.18. The van der Waals surface area contributed by atoms with Crippen molar-refractivity contribution in [3.05, 3.63) is 23.8 Å². The predicted molar refractivity (Wildman–Crippen MR) is 75.3 cm³/mol. The zero-order valence-corrected chi connectivity index (χ0v) is 11.5. The Labute approximate surface area is 113 Å². The summed E-state index contributed by atoms with van der Waals surface area (Å²) in [5, 5.41) is 6.29. The average Bonchev–Trinajstić information content (AvgIpc) is 2.36. The molecule has 0 amide bonds. The van der Waals surface area contributed by atoms with Gasteiger partial charge in [-0.05, 0) is 24.1 Å². The number of nitrogens with one attached hydrogen (secondary N) is 1. The highest BCUT2D eigenvalue weighted by molar-refractivity contribution is 5.78. The van der Waals surface area contributed by atoms with Gasteiger partial charge in [0.1, 0.15) is 0 Å². The van der Waals surface area contributed by atoms with Crippen molar-refractivity contribution in [2.75, 3.05) is 13.7 Å². The summed E-state index contributed by atoms with van der Waals surface area (Å²) < 4.78 is 10.9. The fourth-order valence-electron chi connectivity index (χ4n) is 1.33. The van der Waals surface area contributed by atoms with Gasteiger partial charge < -0.3 is 20.9 Å². The van der Waals surface area contributed by atoms with E-state index in [1.54, 1.807) is 13.3 Å². The molecule has 19 heavy (non-hydrogen) atoms. The highest BCUT2D eigenvalue weighted by Gasteiger charge is 2.07. The molecule has 0 bridgehead atoms. The number of hydrazone groups is 1. The van der Waals surface area contributed by atoms with Crippen LogP contribution in [0.3, 0.4) is 0 Å². The van der Waals surface area contributed by atoms with E-state index >= 15 is 0 Å². The van der Waals surface area contributed by atoms with Gasteiger partial charge in [0.2, 0.25) is 6.21 Å². The van der Waals surface area contributed by atoms with Gasteiger partial charge in [-0.25, -0.2) is 0 Å². The Morgan fingerprint density at radius 2 is 2.11 bits per heavy atom. The van der Waals surface area contributed by atoms with Crippen molar-refractivity contribution in [2.45, 2.75) is 13.8 Å². The lowest BCUT2D eigenvalue weighted by atomic mass is 10.2. The van der Waals surface area contributed by atoms with Crippen molar-refractivity contribution in [2.24, 2.45) is 22.5 Å². The molecule has 0 aliphatic heterocycles. The molecule has 0 unspecified atom stereocenters. The van der Waals surface area contributed by atoms with E-state index in [-0.39, 0.29) is 5.96 Å². The van der Waals surface area contributed by atoms with Crippen LogP contribution < -0.4 is 26.0 Å². The predicted octanol–water partition coefficient (Wildman–Crippen LogP) is -0.582. The minimum atomic E-state index is -0.0277. The van der Waals surface area contributed by atoms with E-state index in [1.165, 1.54) is 0 Å². The number of guanidine groups is 1. The molecule has 6 nitrogen and oxygen atoms in total. The lowest BCUT2D eigenvalue weighted by molar-refractivity contribution is -0.456. The summed E-state index contributed by atoms with van der Waals surface area (Å²) in [5.74, 6) is 1.82. The first kappa shape index (κ1) is 14.8. The molecule has 0 atom stereocenters. The average molecular weight is 265 g/mol. The van der Waals surface area contributed by atoms with Crippen molar-refractivity contribution in [3.8, 4) is 11.5 Å². The number of rotatable bonds is 6. The largest absolute Gasteiger partial charge is 0.493 e. The van der Waals surface area contributed by atoms with Gasteiger partial charge in [-0.2, -0.15) is 0 Å². The van der Waals surface area contributed by atoms with Gasteiger partial charge in [0.25, 0.3) is 5.96 Å². The van der Waals surface area contributed by atoms with E-state index in [1.807, 2.05) is 18.2 Å². The van der Waals surface area contributed by atoms with Crippen LogP contribution >= 0.6 is 0 Å². The summed E-state index contributed by atoms with van der Waals surface area (Å²) in [6, 6.07) is 5.57. The quantitative estimate of drug-likeness (QED) is 0.364. The molecule has 0 saturated carbocycles. The van der Waals surface area contributed by atoms with E-state index in [4.69, 9.17) is 20.9 Å². The zero-order valence-electron chi connectivity index (χ0n) is 11.5. The van der Waals surface area contributed by atoms with Gasteiger partial charge in [0.15, 0.2) is 11.5 Å². The van der Waals surface area contributed by atoms with Gasteiger partial charge in [0, 0.05) is 10.7 Å². The number of methoxy groups -OCH3 is 1. The zero-order chi connectivity index (χ0) is 14.3. The summed E-state index contributed by atoms with van der Waals surface area (Å²) in [4.78, 5) is 0. The number of ether oxygens (including phenoxy) is 2. The summed E-state index contributed by atoms with van der Waals surface area (Å²) in [6.07, 6.45) is 1.66. The highest BCUT2D eigenvalue weighted by atomic mass is 16.5. The molecule has 0 spiro atoms. The maximum Gasteiger partial charge on any atom is 0.256 e. The second kappa shape index (κ2) is 7.25. The van der Waals surface area contributed by atoms with Crippen molar-refractivity contribution < 1.29 is 14.6 Å². The van der Waals surface area contributed by atoms with Crippen LogP contribution in [0.4, 0.5) is 0 Å². The smallest absolute Gasteiger partial charge is 0.256 e. The van der Waals surface area contributed by atoms with Crippen molar-refractivity contribution in [1.82, 2.24) is 0 Å². The first-order chi connectivity index (χ1) is 9.02. The van der Waals surface area contributed by atoms with Gasteiger partial charge >= 0.3 is 0 Å². The van der Waals surface area contributed by atoms with E-state index in [0.29, 0.717) is 18.3 Å². The lowest BCUT2D eigenvalue weighted by Crippen LogP contribution is -2.63. The Morgan fingerprint density at radius 3 is 2.68 bits per heavy atom. The molecule has 6 heteroatoms. The van der Waals surface area contributed by atoms with Crippen LogP contribution in [-0.4, -0.2) is 25.9 Å². The van der Waals surface area contributed by atoms with Crippen LogP contribution in [0.1, 0.15) is 19.4 Å². The van der Waals surface area contributed by atoms with Crippen LogP contribution in [0.15, 0.2) is 23.3 Å². The minimum absolute atomic E-state index is 0.0277. The molecule has 104 valence electrons. The standard InChI is InChI=1S/C13H20N4O2/c1-9(2)8-19-11-5-4-10(6-12(11)18-3)7-16-17-13(14)15/h4-7,9H,8H2,1-3H3,(H4,14,15,17)/p+1/b16-7+. The molecular formula is C13H21N4O2+. The summed E-state index contributed by atoms with van der Waals surface area (Å²) in [6.45, 7) is 4.83. The van der Waals surface area contributed by atoms with E-state index in [2.05, 4.69) is 24.1 Å². The second-order valence-corrected chi connectivity index (χ2v) is 4.43. The Kier molecular flexibility index (Phi) is 5.66. The number of nitrogens with zero attached hydrogens (tertiary/aromatic N) is 1. The summed E-state index contributed by atoms with van der Waals surface area (Å²) in [5.41, 5.74) is 11.3. The third-order valence-electron chi connectivity index (χ3n) is 2.18. The van der Waals surface area contributed by atoms with Crippen LogP contribution in [0.5, 0.6) is 11.5 Å². The fraction of sp³-hybridized carbons (Fsp3) is 0.385. The molecule has 0 aliphatic rings. The molecule has 1 aromatic carbocycles. The second-order valence-electron chi connectivity index (χ2n) is 4.43. The van der Waals surface area contributed by atoms with Crippen LogP contribution in [0, 0.1) is 5.92 Å². The van der Waals surface area contributed by atoms with E-state index < -0.39 is 0 Å². The molecule has 5 N–H and O–H groups in total. The molecule has 0 fully saturated rings. The molecular weight excluding hydrogens is 244 g/mol. The molecule has 1 aromatic rings. The minimum Gasteiger partial charge on any atom is -0.493 e. The Hall–Kier alpha value is -2.24. The molecule has 0 aliphatic carbocycles. The van der Waals surface area contributed by atoms with E-state index in [0.717, 1.165) is 11.3 Å². The van der Waals surface area contributed by atoms with Gasteiger partial charge in [-0.15, -0.1) is 5.10 Å². The van der Waals surface area contributed by atoms with Crippen LogP contribution in [0.25, 0.3) is 0 Å². The maximum atomic E-state index is 5.66. The first-order valence-electron chi connectivity index (χ1n) is 6.01. The Balaban J connectivity index is 2.83. The van der Waals surface area contributed by atoms with Crippen LogP contribution in [0.2, 0.25) is 0 Å². The monoisotopic (exact) mass is 265 g/mol. The highest BCUT2D eigenvalue weighted by Crippen LogP contribution is 2.27. The van der Waals surface area contributed by atoms with Crippen molar-refractivity contribution in [1.29, 1.82) is 0 Å². The molecule has 0 radical (unpaired) electrons. The van der Waals surface area contributed by atoms with Gasteiger partial charge in [-0.1, -0.05) is 13.8 Å². The molecule has 0 saturated heterocycles. The number of nitrogens with two attached hydrogens (primary N) is 2. The number of hydrogen-bond acceptors (Lipinski definition) is 3. The van der Waals surface area contributed by atoms with Gasteiger partial charge in [0.05, 0.1) is 13.7 Å². The maximum absolute atomic E-state index is 5.66. The Morgan fingerprint density at radius 1 is 1.37 bits per heavy atom. The first-order valence-corrected chi connectivity index (χ1v) is 6.01. The molecule has 0 aromatic heterocycles. The fourth-order valence-corrected chi connectivity index (χ4v) is 1.33. The summed E-state index contributed by atoms with van der Waals surface area (Å²) in [7, 11) is 1.60. The normalized spacial score (nSPS) is 10.7. The topological polar surface area (TPSA) is 96.8 Å². The van der Waals surface area contributed by atoms with Crippen LogP contribution in [-0.2, 0) is 0 Å². The third kappa shape index (κ3) is 5.29. The summed E-state index contributed by atoms with van der Waals surface area (Å²) >= 11 is 0. The molecule has 1 rings (SSSR count). The number of hydrogen-bond donors (Lipinski definition) is 3. The van der Waals surface area contributed by atoms with Crippen molar-refractivity contribution >= 4 is 12.2 Å².